The number of hydrogen-bond donors (Lipinski definition) is 2. The number of methoxy groups -OCH3 is 2. The summed E-state index contributed by atoms with van der Waals surface area (Å²) in [7, 11) is 2.97. The van der Waals surface area contributed by atoms with Crippen LogP contribution in [0.1, 0.15) is 27.2 Å². The fourth-order valence-electron chi connectivity index (χ4n) is 3.86. The van der Waals surface area contributed by atoms with Crippen molar-refractivity contribution in [2.24, 2.45) is 0 Å². The van der Waals surface area contributed by atoms with Crippen molar-refractivity contribution in [2.75, 3.05) is 24.9 Å². The number of anilines is 2. The lowest BCUT2D eigenvalue weighted by atomic mass is 10.0. The molecule has 1 heterocycles. The molecule has 4 aromatic rings. The van der Waals surface area contributed by atoms with E-state index in [1.165, 1.54) is 14.2 Å². The molecule has 0 saturated heterocycles. The van der Waals surface area contributed by atoms with Crippen LogP contribution in [0.3, 0.4) is 0 Å². The zero-order valence-electron chi connectivity index (χ0n) is 19.4. The summed E-state index contributed by atoms with van der Waals surface area (Å²) in [5, 5.41) is 10.6. The molecule has 8 nitrogen and oxygen atoms in total. The zero-order chi connectivity index (χ0) is 24.2. The van der Waals surface area contributed by atoms with E-state index in [2.05, 4.69) is 15.8 Å². The van der Waals surface area contributed by atoms with Crippen molar-refractivity contribution in [2.45, 2.75) is 20.3 Å². The second kappa shape index (κ2) is 9.66. The molecule has 174 valence electrons. The Bertz CT molecular complexity index is 1360. The lowest BCUT2D eigenvalue weighted by Gasteiger charge is -2.16. The van der Waals surface area contributed by atoms with Crippen LogP contribution in [0.2, 0.25) is 0 Å². The molecule has 2 N–H and O–H groups in total. The zero-order valence-corrected chi connectivity index (χ0v) is 19.4. The Morgan fingerprint density at radius 2 is 1.56 bits per heavy atom. The van der Waals surface area contributed by atoms with E-state index in [4.69, 9.17) is 14.0 Å². The Balaban J connectivity index is 1.56. The highest BCUT2D eigenvalue weighted by Crippen LogP contribution is 2.37. The summed E-state index contributed by atoms with van der Waals surface area (Å²) in [5.74, 6) is 0.158. The van der Waals surface area contributed by atoms with Crippen molar-refractivity contribution in [3.05, 3.63) is 77.0 Å². The van der Waals surface area contributed by atoms with Crippen molar-refractivity contribution in [3.63, 3.8) is 0 Å². The summed E-state index contributed by atoms with van der Waals surface area (Å²) in [4.78, 5) is 25.4. The van der Waals surface area contributed by atoms with Gasteiger partial charge in [-0.25, -0.2) is 0 Å². The summed E-state index contributed by atoms with van der Waals surface area (Å²) < 4.78 is 16.3. The van der Waals surface area contributed by atoms with E-state index >= 15 is 0 Å². The average molecular weight is 460 g/mol. The van der Waals surface area contributed by atoms with Crippen molar-refractivity contribution >= 4 is 34.2 Å². The number of nitrogens with zero attached hydrogens (tertiary/aromatic N) is 1. The number of benzene rings is 3. The van der Waals surface area contributed by atoms with Crippen molar-refractivity contribution in [1.82, 2.24) is 5.16 Å². The second-order valence-electron chi connectivity index (χ2n) is 7.88. The minimum absolute atomic E-state index is 0.0227. The molecule has 0 aliphatic heterocycles. The molecule has 0 aliphatic carbocycles. The Morgan fingerprint density at radius 3 is 2.21 bits per heavy atom. The topological polar surface area (TPSA) is 103 Å². The third-order valence-corrected chi connectivity index (χ3v) is 5.39. The molecule has 34 heavy (non-hydrogen) atoms. The highest BCUT2D eigenvalue weighted by atomic mass is 16.5. The number of carbonyl (C=O) groups is 2. The van der Waals surface area contributed by atoms with Gasteiger partial charge in [0.25, 0.3) is 5.91 Å². The van der Waals surface area contributed by atoms with E-state index in [1.807, 2.05) is 32.0 Å². The van der Waals surface area contributed by atoms with E-state index in [9.17, 15) is 9.59 Å². The molecule has 0 atom stereocenters. The lowest BCUT2D eigenvalue weighted by Crippen LogP contribution is -2.16. The molecule has 0 radical (unpaired) electrons. The van der Waals surface area contributed by atoms with Gasteiger partial charge in [-0.2, -0.15) is 0 Å². The maximum absolute atomic E-state index is 12.9. The first kappa shape index (κ1) is 22.8. The maximum Gasteiger partial charge on any atom is 0.255 e. The van der Waals surface area contributed by atoms with Crippen LogP contribution in [0, 0.1) is 13.8 Å². The standard InChI is InChI=1S/C26H25N3O5/c1-15-10-16(2)25-20(29-34-23(25)11-15)14-24(30)27-18-12-22(33-4)19(13-21(18)32-3)28-26(31)17-8-6-5-7-9-17/h5-13H,14H2,1-4H3,(H,27,30)(H,28,31). The third kappa shape index (κ3) is 4.71. The van der Waals surface area contributed by atoms with E-state index in [1.54, 1.807) is 36.4 Å². The Kier molecular flexibility index (Phi) is 6.49. The lowest BCUT2D eigenvalue weighted by molar-refractivity contribution is -0.115. The Labute approximate surface area is 196 Å². The minimum Gasteiger partial charge on any atom is -0.494 e. The number of aromatic nitrogens is 1. The van der Waals surface area contributed by atoms with Crippen molar-refractivity contribution in [1.29, 1.82) is 0 Å². The second-order valence-corrected chi connectivity index (χ2v) is 7.88. The molecule has 3 aromatic carbocycles. The van der Waals surface area contributed by atoms with Gasteiger partial charge in [0.05, 0.1) is 32.0 Å². The van der Waals surface area contributed by atoms with Crippen LogP contribution in [-0.2, 0) is 11.2 Å². The third-order valence-electron chi connectivity index (χ3n) is 5.39. The van der Waals surface area contributed by atoms with E-state index < -0.39 is 0 Å². The molecule has 0 bridgehead atoms. The minimum atomic E-state index is -0.295. The molecule has 0 aliphatic rings. The summed E-state index contributed by atoms with van der Waals surface area (Å²) in [6.45, 7) is 3.94. The van der Waals surface area contributed by atoms with Crippen LogP contribution in [0.4, 0.5) is 11.4 Å². The van der Waals surface area contributed by atoms with E-state index in [0.29, 0.717) is 39.7 Å². The van der Waals surface area contributed by atoms with Gasteiger partial charge in [0, 0.05) is 23.1 Å². The van der Waals surface area contributed by atoms with Gasteiger partial charge >= 0.3 is 0 Å². The van der Waals surface area contributed by atoms with Crippen LogP contribution >= 0.6 is 0 Å². The first-order valence-corrected chi connectivity index (χ1v) is 10.7. The SMILES string of the molecule is COc1cc(NC(=O)c2ccccc2)c(OC)cc1NC(=O)Cc1noc2cc(C)cc(C)c12. The molecular formula is C26H25N3O5. The van der Waals surface area contributed by atoms with Gasteiger partial charge in [-0.3, -0.25) is 9.59 Å². The van der Waals surface area contributed by atoms with Gasteiger partial charge in [0.15, 0.2) is 5.58 Å². The van der Waals surface area contributed by atoms with Gasteiger partial charge in [0.1, 0.15) is 17.2 Å². The van der Waals surface area contributed by atoms with Gasteiger partial charge < -0.3 is 24.6 Å². The largest absolute Gasteiger partial charge is 0.494 e. The number of hydrogen-bond acceptors (Lipinski definition) is 6. The van der Waals surface area contributed by atoms with E-state index in [0.717, 1.165) is 16.5 Å². The Hall–Kier alpha value is -4.33. The molecular weight excluding hydrogens is 434 g/mol. The monoisotopic (exact) mass is 459 g/mol. The van der Waals surface area contributed by atoms with Crippen molar-refractivity contribution in [3.8, 4) is 11.5 Å². The van der Waals surface area contributed by atoms with Crippen LogP contribution < -0.4 is 20.1 Å². The molecule has 8 heteroatoms. The quantitative estimate of drug-likeness (QED) is 0.408. The molecule has 1 aromatic heterocycles. The Morgan fingerprint density at radius 1 is 0.912 bits per heavy atom. The fraction of sp³-hybridized carbons (Fsp3) is 0.192. The summed E-state index contributed by atoms with van der Waals surface area (Å²) >= 11 is 0. The van der Waals surface area contributed by atoms with Gasteiger partial charge in [-0.05, 0) is 43.2 Å². The van der Waals surface area contributed by atoms with E-state index in [-0.39, 0.29) is 18.2 Å². The van der Waals surface area contributed by atoms with Crippen LogP contribution in [0.25, 0.3) is 11.0 Å². The maximum atomic E-state index is 12.9. The number of fused-ring (bicyclic) bond motifs is 1. The van der Waals surface area contributed by atoms with Gasteiger partial charge in [-0.15, -0.1) is 0 Å². The molecule has 4 rings (SSSR count). The van der Waals surface area contributed by atoms with Crippen LogP contribution in [0.5, 0.6) is 11.5 Å². The highest BCUT2D eigenvalue weighted by molar-refractivity contribution is 6.05. The van der Waals surface area contributed by atoms with Gasteiger partial charge in [-0.1, -0.05) is 29.4 Å². The molecule has 0 unspecified atom stereocenters. The smallest absolute Gasteiger partial charge is 0.255 e. The first-order chi connectivity index (χ1) is 16.4. The predicted molar refractivity (Wildman–Crippen MR) is 130 cm³/mol. The summed E-state index contributed by atoms with van der Waals surface area (Å²) in [5.41, 5.74) is 4.60. The average Bonchev–Trinajstić information content (AvgIpc) is 3.22. The fourth-order valence-corrected chi connectivity index (χ4v) is 3.86. The number of rotatable bonds is 7. The van der Waals surface area contributed by atoms with Crippen LogP contribution in [0.15, 0.2) is 59.1 Å². The normalized spacial score (nSPS) is 10.7. The van der Waals surface area contributed by atoms with Crippen molar-refractivity contribution < 1.29 is 23.6 Å². The summed E-state index contributed by atoms with van der Waals surface area (Å²) in [6.07, 6.45) is 0.0227. The summed E-state index contributed by atoms with van der Waals surface area (Å²) in [6, 6.07) is 16.0. The molecule has 0 fully saturated rings. The first-order valence-electron chi connectivity index (χ1n) is 10.7. The number of nitrogens with one attached hydrogen (secondary N) is 2. The predicted octanol–water partition coefficient (Wildman–Crippen LogP) is 4.90. The van der Waals surface area contributed by atoms with Crippen LogP contribution in [-0.4, -0.2) is 31.2 Å². The number of ether oxygens (including phenoxy) is 2. The molecule has 2 amide bonds. The van der Waals surface area contributed by atoms with Gasteiger partial charge in [0.2, 0.25) is 5.91 Å². The number of amides is 2. The highest BCUT2D eigenvalue weighted by Gasteiger charge is 2.19. The number of carbonyl (C=O) groups excluding carboxylic acids is 2. The molecule has 0 spiro atoms. The number of aryl methyl sites for hydroxylation is 2. The molecule has 0 saturated carbocycles.